The molecule has 0 saturated heterocycles. The highest BCUT2D eigenvalue weighted by molar-refractivity contribution is 9.11. The summed E-state index contributed by atoms with van der Waals surface area (Å²) in [4.78, 5) is 0. The number of ether oxygens (including phenoxy) is 1. The SMILES string of the molecule is Clc1ccc(-c2nnc(COc3ccc(Br)cc3Br)o2)cc1. The van der Waals surface area contributed by atoms with E-state index < -0.39 is 0 Å². The van der Waals surface area contributed by atoms with E-state index in [9.17, 15) is 0 Å². The molecule has 112 valence electrons. The Bertz CT molecular complexity index is 790. The molecule has 7 heteroatoms. The summed E-state index contributed by atoms with van der Waals surface area (Å²) in [6.45, 7) is 0.195. The van der Waals surface area contributed by atoms with Gasteiger partial charge in [0.25, 0.3) is 5.89 Å². The van der Waals surface area contributed by atoms with Crippen molar-refractivity contribution in [3.05, 3.63) is 62.3 Å². The summed E-state index contributed by atoms with van der Waals surface area (Å²) in [5.74, 6) is 1.54. The van der Waals surface area contributed by atoms with Crippen LogP contribution >= 0.6 is 43.5 Å². The molecular weight excluding hydrogens is 435 g/mol. The number of rotatable bonds is 4. The predicted molar refractivity (Wildman–Crippen MR) is 90.9 cm³/mol. The van der Waals surface area contributed by atoms with Gasteiger partial charge in [-0.15, -0.1) is 10.2 Å². The Morgan fingerprint density at radius 2 is 1.82 bits per heavy atom. The fraction of sp³-hybridized carbons (Fsp3) is 0.0667. The second-order valence-electron chi connectivity index (χ2n) is 4.37. The van der Waals surface area contributed by atoms with Gasteiger partial charge in [-0.2, -0.15) is 0 Å². The summed E-state index contributed by atoms with van der Waals surface area (Å²) < 4.78 is 13.1. The average molecular weight is 445 g/mol. The van der Waals surface area contributed by atoms with Crippen LogP contribution in [0.4, 0.5) is 0 Å². The Morgan fingerprint density at radius 3 is 2.55 bits per heavy atom. The van der Waals surface area contributed by atoms with Gasteiger partial charge in [-0.3, -0.25) is 0 Å². The standard InChI is InChI=1S/C15H9Br2ClN2O2/c16-10-3-6-13(12(17)7-10)21-8-14-19-20-15(22-14)9-1-4-11(18)5-2-9/h1-7H,8H2. The van der Waals surface area contributed by atoms with E-state index in [1.807, 2.05) is 30.3 Å². The van der Waals surface area contributed by atoms with Gasteiger partial charge in [-0.25, -0.2) is 0 Å². The van der Waals surface area contributed by atoms with Gasteiger partial charge in [0.05, 0.1) is 4.47 Å². The van der Waals surface area contributed by atoms with Crippen LogP contribution < -0.4 is 4.74 Å². The molecule has 0 atom stereocenters. The average Bonchev–Trinajstić information content (AvgIpc) is 2.96. The van der Waals surface area contributed by atoms with Gasteiger partial charge in [0.1, 0.15) is 5.75 Å². The van der Waals surface area contributed by atoms with E-state index in [0.29, 0.717) is 22.6 Å². The molecule has 0 unspecified atom stereocenters. The number of hydrogen-bond acceptors (Lipinski definition) is 4. The van der Waals surface area contributed by atoms with Gasteiger partial charge in [-0.1, -0.05) is 27.5 Å². The Hall–Kier alpha value is -1.37. The lowest BCUT2D eigenvalue weighted by molar-refractivity contribution is 0.263. The Labute approximate surface area is 148 Å². The fourth-order valence-corrected chi connectivity index (χ4v) is 3.04. The summed E-state index contributed by atoms with van der Waals surface area (Å²) in [7, 11) is 0. The zero-order valence-corrected chi connectivity index (χ0v) is 15.0. The first kappa shape index (κ1) is 15.5. The smallest absolute Gasteiger partial charge is 0.254 e. The first-order valence-electron chi connectivity index (χ1n) is 6.28. The maximum absolute atomic E-state index is 5.85. The lowest BCUT2D eigenvalue weighted by Crippen LogP contribution is -1.96. The summed E-state index contributed by atoms with van der Waals surface area (Å²) in [5, 5.41) is 8.64. The molecule has 2 aromatic carbocycles. The highest BCUT2D eigenvalue weighted by Crippen LogP contribution is 2.29. The van der Waals surface area contributed by atoms with Gasteiger partial charge in [-0.05, 0) is 58.4 Å². The number of halogens is 3. The second-order valence-corrected chi connectivity index (χ2v) is 6.58. The molecule has 1 aromatic heterocycles. The van der Waals surface area contributed by atoms with E-state index in [4.69, 9.17) is 20.8 Å². The van der Waals surface area contributed by atoms with Gasteiger partial charge >= 0.3 is 0 Å². The summed E-state index contributed by atoms with van der Waals surface area (Å²) in [6.07, 6.45) is 0. The lowest BCUT2D eigenvalue weighted by atomic mass is 10.2. The van der Waals surface area contributed by atoms with E-state index in [0.717, 1.165) is 14.5 Å². The van der Waals surface area contributed by atoms with E-state index >= 15 is 0 Å². The van der Waals surface area contributed by atoms with Gasteiger partial charge in [0, 0.05) is 15.1 Å². The molecule has 0 amide bonds. The van der Waals surface area contributed by atoms with Crippen LogP contribution in [0.5, 0.6) is 5.75 Å². The van der Waals surface area contributed by atoms with Gasteiger partial charge in [0.15, 0.2) is 6.61 Å². The van der Waals surface area contributed by atoms with Crippen LogP contribution in [-0.2, 0) is 6.61 Å². The van der Waals surface area contributed by atoms with Crippen LogP contribution in [0.25, 0.3) is 11.5 Å². The van der Waals surface area contributed by atoms with Gasteiger partial charge < -0.3 is 9.15 Å². The molecule has 0 aliphatic carbocycles. The minimum Gasteiger partial charge on any atom is -0.483 e. The molecule has 0 saturated carbocycles. The molecule has 0 radical (unpaired) electrons. The van der Waals surface area contributed by atoms with Crippen LogP contribution in [0.1, 0.15) is 5.89 Å². The van der Waals surface area contributed by atoms with Crippen molar-refractivity contribution in [2.24, 2.45) is 0 Å². The number of nitrogens with zero attached hydrogens (tertiary/aromatic N) is 2. The van der Waals surface area contributed by atoms with Gasteiger partial charge in [0.2, 0.25) is 5.89 Å². The molecule has 0 fully saturated rings. The number of hydrogen-bond donors (Lipinski definition) is 0. The van der Waals surface area contributed by atoms with Crippen molar-refractivity contribution in [1.29, 1.82) is 0 Å². The molecule has 22 heavy (non-hydrogen) atoms. The maximum atomic E-state index is 5.85. The third kappa shape index (κ3) is 3.69. The normalized spacial score (nSPS) is 10.7. The molecule has 1 heterocycles. The minimum absolute atomic E-state index is 0.195. The van der Waals surface area contributed by atoms with E-state index in [-0.39, 0.29) is 6.61 Å². The molecule has 0 bridgehead atoms. The molecule has 0 N–H and O–H groups in total. The zero-order valence-electron chi connectivity index (χ0n) is 11.1. The summed E-state index contributed by atoms with van der Waals surface area (Å²) in [6, 6.07) is 12.9. The lowest BCUT2D eigenvalue weighted by Gasteiger charge is -2.05. The molecule has 4 nitrogen and oxygen atoms in total. The van der Waals surface area contributed by atoms with Crippen LogP contribution in [0.3, 0.4) is 0 Å². The zero-order chi connectivity index (χ0) is 15.5. The second kappa shape index (κ2) is 6.81. The third-order valence-electron chi connectivity index (χ3n) is 2.80. The van der Waals surface area contributed by atoms with Crippen molar-refractivity contribution in [2.45, 2.75) is 6.61 Å². The topological polar surface area (TPSA) is 48.2 Å². The highest BCUT2D eigenvalue weighted by atomic mass is 79.9. The maximum Gasteiger partial charge on any atom is 0.254 e. The van der Waals surface area contributed by atoms with E-state index in [2.05, 4.69) is 42.1 Å². The Morgan fingerprint density at radius 1 is 1.05 bits per heavy atom. The fourth-order valence-electron chi connectivity index (χ4n) is 1.75. The highest BCUT2D eigenvalue weighted by Gasteiger charge is 2.10. The minimum atomic E-state index is 0.195. The quantitative estimate of drug-likeness (QED) is 0.534. The molecule has 0 aliphatic heterocycles. The monoisotopic (exact) mass is 442 g/mol. The van der Waals surface area contributed by atoms with Crippen molar-refractivity contribution in [3.8, 4) is 17.2 Å². The molecule has 3 aromatic rings. The molecule has 3 rings (SSSR count). The van der Waals surface area contributed by atoms with Crippen molar-refractivity contribution in [2.75, 3.05) is 0 Å². The van der Waals surface area contributed by atoms with Crippen molar-refractivity contribution < 1.29 is 9.15 Å². The first-order valence-corrected chi connectivity index (χ1v) is 8.24. The predicted octanol–water partition coefficient (Wildman–Crippen LogP) is 5.49. The van der Waals surface area contributed by atoms with Crippen LogP contribution in [-0.4, -0.2) is 10.2 Å². The molecular formula is C15H9Br2ClN2O2. The first-order chi connectivity index (χ1) is 10.6. The van der Waals surface area contributed by atoms with Crippen molar-refractivity contribution in [1.82, 2.24) is 10.2 Å². The summed E-state index contributed by atoms with van der Waals surface area (Å²) in [5.41, 5.74) is 0.813. The van der Waals surface area contributed by atoms with Crippen molar-refractivity contribution in [3.63, 3.8) is 0 Å². The van der Waals surface area contributed by atoms with Crippen LogP contribution in [0.15, 0.2) is 55.8 Å². The number of aromatic nitrogens is 2. The molecule has 0 aliphatic rings. The third-order valence-corrected chi connectivity index (χ3v) is 4.17. The largest absolute Gasteiger partial charge is 0.483 e. The van der Waals surface area contributed by atoms with E-state index in [1.165, 1.54) is 0 Å². The van der Waals surface area contributed by atoms with Crippen molar-refractivity contribution >= 4 is 43.5 Å². The van der Waals surface area contributed by atoms with Crippen LogP contribution in [0.2, 0.25) is 5.02 Å². The van der Waals surface area contributed by atoms with E-state index in [1.54, 1.807) is 12.1 Å². The Balaban J connectivity index is 1.70. The Kier molecular flexibility index (Phi) is 4.81. The number of benzene rings is 2. The van der Waals surface area contributed by atoms with Crippen LogP contribution in [0, 0.1) is 0 Å². The summed E-state index contributed by atoms with van der Waals surface area (Å²) >= 11 is 12.7. The molecule has 0 spiro atoms.